The van der Waals surface area contributed by atoms with Crippen LogP contribution in [0.25, 0.3) is 16.9 Å². The average Bonchev–Trinajstić information content (AvgIpc) is 2.81. The summed E-state index contributed by atoms with van der Waals surface area (Å²) in [5.41, 5.74) is -0.382. The molecule has 0 aliphatic heterocycles. The number of hydrogen-bond acceptors (Lipinski definition) is 1. The third-order valence-electron chi connectivity index (χ3n) is 2.93. The molecule has 0 saturated carbocycles. The molecule has 0 spiro atoms. The molecular weight excluding hydrogens is 272 g/mol. The van der Waals surface area contributed by atoms with Crippen LogP contribution in [0, 0.1) is 5.82 Å². The van der Waals surface area contributed by atoms with Crippen LogP contribution < -0.4 is 0 Å². The number of aromatic nitrogens is 2. The third kappa shape index (κ3) is 2.03. The highest BCUT2D eigenvalue weighted by Gasteiger charge is 2.33. The largest absolute Gasteiger partial charge is 0.431 e. The SMILES string of the molecule is Fc1ccccc1-c1cn2c(C(F)(F)F)cccc2n1. The first-order valence-corrected chi connectivity index (χ1v) is 5.77. The van der Waals surface area contributed by atoms with E-state index in [0.717, 1.165) is 10.5 Å². The summed E-state index contributed by atoms with van der Waals surface area (Å²) in [5, 5.41) is 0. The Bertz CT molecular complexity index is 774. The molecule has 0 radical (unpaired) electrons. The van der Waals surface area contributed by atoms with E-state index in [1.807, 2.05) is 0 Å². The molecule has 102 valence electrons. The molecule has 0 fully saturated rings. The minimum absolute atomic E-state index is 0.123. The summed E-state index contributed by atoms with van der Waals surface area (Å²) >= 11 is 0. The van der Waals surface area contributed by atoms with E-state index in [2.05, 4.69) is 4.98 Å². The van der Waals surface area contributed by atoms with Crippen LogP contribution in [0.15, 0.2) is 48.7 Å². The van der Waals surface area contributed by atoms with Crippen molar-refractivity contribution in [3.63, 3.8) is 0 Å². The van der Waals surface area contributed by atoms with Crippen molar-refractivity contribution in [2.75, 3.05) is 0 Å². The van der Waals surface area contributed by atoms with Gasteiger partial charge in [0.05, 0.1) is 5.69 Å². The summed E-state index contributed by atoms with van der Waals surface area (Å²) in [7, 11) is 0. The highest BCUT2D eigenvalue weighted by atomic mass is 19.4. The molecule has 3 aromatic rings. The van der Waals surface area contributed by atoms with Crippen molar-refractivity contribution in [2.45, 2.75) is 6.18 Å². The Morgan fingerprint density at radius 2 is 1.70 bits per heavy atom. The third-order valence-corrected chi connectivity index (χ3v) is 2.93. The summed E-state index contributed by atoms with van der Waals surface area (Å²) in [6.07, 6.45) is -3.30. The van der Waals surface area contributed by atoms with Gasteiger partial charge in [0.1, 0.15) is 17.2 Å². The van der Waals surface area contributed by atoms with Crippen LogP contribution in [0.2, 0.25) is 0 Å². The zero-order valence-corrected chi connectivity index (χ0v) is 10.0. The maximum Gasteiger partial charge on any atom is 0.431 e. The predicted octanol–water partition coefficient (Wildman–Crippen LogP) is 4.16. The molecule has 0 bridgehead atoms. The maximum atomic E-state index is 13.7. The highest BCUT2D eigenvalue weighted by molar-refractivity contribution is 5.63. The van der Waals surface area contributed by atoms with Gasteiger partial charge in [-0.15, -0.1) is 0 Å². The molecule has 1 aromatic carbocycles. The van der Waals surface area contributed by atoms with Crippen molar-refractivity contribution in [3.8, 4) is 11.3 Å². The van der Waals surface area contributed by atoms with Gasteiger partial charge in [-0.2, -0.15) is 13.2 Å². The van der Waals surface area contributed by atoms with E-state index in [1.165, 1.54) is 36.5 Å². The van der Waals surface area contributed by atoms with Gasteiger partial charge in [-0.25, -0.2) is 9.37 Å². The van der Waals surface area contributed by atoms with Crippen LogP contribution in [0.1, 0.15) is 5.69 Å². The number of alkyl halides is 3. The van der Waals surface area contributed by atoms with Crippen LogP contribution >= 0.6 is 0 Å². The van der Waals surface area contributed by atoms with E-state index in [-0.39, 0.29) is 16.9 Å². The quantitative estimate of drug-likeness (QED) is 0.612. The van der Waals surface area contributed by atoms with Crippen LogP contribution in [-0.2, 0) is 6.18 Å². The number of nitrogens with zero attached hydrogens (tertiary/aromatic N) is 2. The van der Waals surface area contributed by atoms with E-state index in [0.29, 0.717) is 0 Å². The van der Waals surface area contributed by atoms with Crippen molar-refractivity contribution in [3.05, 3.63) is 60.2 Å². The molecule has 0 aliphatic rings. The van der Waals surface area contributed by atoms with Gasteiger partial charge in [-0.1, -0.05) is 18.2 Å². The fourth-order valence-electron chi connectivity index (χ4n) is 2.04. The van der Waals surface area contributed by atoms with Crippen LogP contribution in [0.5, 0.6) is 0 Å². The first kappa shape index (κ1) is 12.7. The molecule has 6 heteroatoms. The number of rotatable bonds is 1. The van der Waals surface area contributed by atoms with Crippen molar-refractivity contribution in [2.24, 2.45) is 0 Å². The number of imidazole rings is 1. The first-order chi connectivity index (χ1) is 9.47. The molecular formula is C14H8F4N2. The lowest BCUT2D eigenvalue weighted by molar-refractivity contribution is -0.142. The van der Waals surface area contributed by atoms with E-state index < -0.39 is 17.7 Å². The van der Waals surface area contributed by atoms with Crippen molar-refractivity contribution >= 4 is 5.65 Å². The summed E-state index contributed by atoms with van der Waals surface area (Å²) in [6, 6.07) is 9.51. The zero-order chi connectivity index (χ0) is 14.3. The first-order valence-electron chi connectivity index (χ1n) is 5.77. The molecule has 0 unspecified atom stereocenters. The standard InChI is InChI=1S/C14H8F4N2/c15-10-5-2-1-4-9(10)11-8-20-12(14(16,17)18)6-3-7-13(20)19-11/h1-8H. The molecule has 0 amide bonds. The molecule has 0 aliphatic carbocycles. The Kier molecular flexibility index (Phi) is 2.74. The number of halogens is 4. The topological polar surface area (TPSA) is 17.3 Å². The van der Waals surface area contributed by atoms with Crippen LogP contribution in [0.3, 0.4) is 0 Å². The molecule has 2 nitrogen and oxygen atoms in total. The number of hydrogen-bond donors (Lipinski definition) is 0. The van der Waals surface area contributed by atoms with Gasteiger partial charge in [0.25, 0.3) is 0 Å². The number of fused-ring (bicyclic) bond motifs is 1. The monoisotopic (exact) mass is 280 g/mol. The minimum Gasteiger partial charge on any atom is -0.295 e. The second kappa shape index (κ2) is 4.33. The Labute approximate surface area is 111 Å². The fourth-order valence-corrected chi connectivity index (χ4v) is 2.04. The lowest BCUT2D eigenvalue weighted by atomic mass is 10.1. The maximum absolute atomic E-state index is 13.7. The van der Waals surface area contributed by atoms with Gasteiger partial charge < -0.3 is 0 Å². The van der Waals surface area contributed by atoms with Gasteiger partial charge in [-0.3, -0.25) is 4.40 Å². The molecule has 2 aromatic heterocycles. The number of benzene rings is 1. The zero-order valence-electron chi connectivity index (χ0n) is 10.0. The molecule has 2 heterocycles. The van der Waals surface area contributed by atoms with Gasteiger partial charge in [0.2, 0.25) is 0 Å². The van der Waals surface area contributed by atoms with Crippen molar-refractivity contribution < 1.29 is 17.6 Å². The smallest absolute Gasteiger partial charge is 0.295 e. The van der Waals surface area contributed by atoms with Gasteiger partial charge >= 0.3 is 6.18 Å². The van der Waals surface area contributed by atoms with Crippen LogP contribution in [-0.4, -0.2) is 9.38 Å². The summed E-state index contributed by atoms with van der Waals surface area (Å²) in [5.74, 6) is -0.524. The van der Waals surface area contributed by atoms with Gasteiger partial charge in [0.15, 0.2) is 0 Å². The average molecular weight is 280 g/mol. The lowest BCUT2D eigenvalue weighted by Crippen LogP contribution is -2.10. The van der Waals surface area contributed by atoms with Gasteiger partial charge in [0, 0.05) is 11.8 Å². The van der Waals surface area contributed by atoms with E-state index >= 15 is 0 Å². The number of pyridine rings is 1. The van der Waals surface area contributed by atoms with Crippen LogP contribution in [0.4, 0.5) is 17.6 Å². The van der Waals surface area contributed by atoms with E-state index in [1.54, 1.807) is 6.07 Å². The molecule has 3 rings (SSSR count). The van der Waals surface area contributed by atoms with Crippen molar-refractivity contribution in [1.29, 1.82) is 0 Å². The Morgan fingerprint density at radius 3 is 2.40 bits per heavy atom. The van der Waals surface area contributed by atoms with E-state index in [4.69, 9.17) is 0 Å². The molecule has 0 N–H and O–H groups in total. The fraction of sp³-hybridized carbons (Fsp3) is 0.0714. The molecule has 0 atom stereocenters. The predicted molar refractivity (Wildman–Crippen MR) is 65.6 cm³/mol. The second-order valence-electron chi connectivity index (χ2n) is 4.24. The van der Waals surface area contributed by atoms with Gasteiger partial charge in [-0.05, 0) is 24.3 Å². The highest BCUT2D eigenvalue weighted by Crippen LogP contribution is 2.31. The summed E-state index contributed by atoms with van der Waals surface area (Å²) < 4.78 is 53.2. The Morgan fingerprint density at radius 1 is 0.950 bits per heavy atom. The summed E-state index contributed by atoms with van der Waals surface area (Å²) in [4.78, 5) is 4.04. The summed E-state index contributed by atoms with van der Waals surface area (Å²) in [6.45, 7) is 0. The normalized spacial score (nSPS) is 12.0. The minimum atomic E-state index is -4.49. The van der Waals surface area contributed by atoms with Crippen molar-refractivity contribution in [1.82, 2.24) is 9.38 Å². The Balaban J connectivity index is 2.24. The molecule has 0 saturated heterocycles. The second-order valence-corrected chi connectivity index (χ2v) is 4.24. The Hall–Kier alpha value is -2.37. The van der Waals surface area contributed by atoms with E-state index in [9.17, 15) is 17.6 Å². The lowest BCUT2D eigenvalue weighted by Gasteiger charge is -2.08. The molecule has 20 heavy (non-hydrogen) atoms.